The van der Waals surface area contributed by atoms with Gasteiger partial charge in [0.2, 0.25) is 0 Å². The van der Waals surface area contributed by atoms with Gasteiger partial charge in [-0.2, -0.15) is 13.2 Å². The van der Waals surface area contributed by atoms with E-state index in [1.165, 1.54) is 12.1 Å². The molecule has 0 aromatic heterocycles. The molecule has 96 valence electrons. The van der Waals surface area contributed by atoms with Gasteiger partial charge in [-0.1, -0.05) is 45.4 Å². The Morgan fingerprint density at radius 1 is 1.12 bits per heavy atom. The van der Waals surface area contributed by atoms with Crippen LogP contribution in [0.1, 0.15) is 44.7 Å². The third-order valence-electron chi connectivity index (χ3n) is 2.86. The summed E-state index contributed by atoms with van der Waals surface area (Å²) in [6.07, 6.45) is -1.50. The molecular weight excluding hydrogens is 225 g/mol. The number of hydrogen-bond acceptors (Lipinski definition) is 0. The minimum atomic E-state index is -4.25. The maximum atomic E-state index is 12.5. The lowest BCUT2D eigenvalue weighted by Crippen LogP contribution is -2.15. The maximum Gasteiger partial charge on any atom is 0.416 e. The SMILES string of the molecule is CCCC(C)(C)Cc1cccc(C(F)(F)F)c1. The zero-order valence-corrected chi connectivity index (χ0v) is 10.6. The largest absolute Gasteiger partial charge is 0.416 e. The van der Waals surface area contributed by atoms with Crippen molar-refractivity contribution < 1.29 is 13.2 Å². The molecule has 0 nitrogen and oxygen atoms in total. The monoisotopic (exact) mass is 244 g/mol. The van der Waals surface area contributed by atoms with Gasteiger partial charge in [0.15, 0.2) is 0 Å². The Kier molecular flexibility index (Phi) is 4.23. The van der Waals surface area contributed by atoms with Crippen LogP contribution in [0, 0.1) is 5.41 Å². The maximum absolute atomic E-state index is 12.5. The van der Waals surface area contributed by atoms with E-state index < -0.39 is 11.7 Å². The molecule has 1 rings (SSSR count). The predicted molar refractivity (Wildman–Crippen MR) is 63.8 cm³/mol. The van der Waals surface area contributed by atoms with E-state index in [9.17, 15) is 13.2 Å². The predicted octanol–water partition coefficient (Wildman–Crippen LogP) is 5.07. The molecule has 0 spiro atoms. The number of rotatable bonds is 4. The van der Waals surface area contributed by atoms with Crippen LogP contribution in [-0.2, 0) is 12.6 Å². The molecule has 0 aliphatic rings. The van der Waals surface area contributed by atoms with Crippen molar-refractivity contribution >= 4 is 0 Å². The van der Waals surface area contributed by atoms with Crippen molar-refractivity contribution in [2.24, 2.45) is 5.41 Å². The highest BCUT2D eigenvalue weighted by Gasteiger charge is 2.30. The minimum absolute atomic E-state index is 0.0545. The minimum Gasteiger partial charge on any atom is -0.166 e. The molecular formula is C14H19F3. The summed E-state index contributed by atoms with van der Waals surface area (Å²) in [6.45, 7) is 6.28. The molecule has 0 unspecified atom stereocenters. The lowest BCUT2D eigenvalue weighted by atomic mass is 9.81. The van der Waals surface area contributed by atoms with E-state index in [2.05, 4.69) is 20.8 Å². The summed E-state index contributed by atoms with van der Waals surface area (Å²) in [5.74, 6) is 0. The first-order valence-electron chi connectivity index (χ1n) is 5.91. The van der Waals surface area contributed by atoms with Crippen molar-refractivity contribution in [1.29, 1.82) is 0 Å². The number of alkyl halides is 3. The normalized spacial score (nSPS) is 12.8. The quantitative estimate of drug-likeness (QED) is 0.693. The van der Waals surface area contributed by atoms with Crippen molar-refractivity contribution in [3.63, 3.8) is 0 Å². The van der Waals surface area contributed by atoms with Crippen LogP contribution in [0.4, 0.5) is 13.2 Å². The van der Waals surface area contributed by atoms with Crippen LogP contribution in [0.15, 0.2) is 24.3 Å². The molecule has 0 heterocycles. The van der Waals surface area contributed by atoms with Crippen LogP contribution in [0.5, 0.6) is 0 Å². The van der Waals surface area contributed by atoms with Gasteiger partial charge in [-0.25, -0.2) is 0 Å². The summed E-state index contributed by atoms with van der Waals surface area (Å²) in [7, 11) is 0. The van der Waals surface area contributed by atoms with E-state index in [-0.39, 0.29) is 5.41 Å². The van der Waals surface area contributed by atoms with Crippen LogP contribution >= 0.6 is 0 Å². The second kappa shape index (κ2) is 5.11. The molecule has 0 aliphatic heterocycles. The number of hydrogen-bond donors (Lipinski definition) is 0. The Morgan fingerprint density at radius 3 is 2.29 bits per heavy atom. The molecule has 1 aromatic rings. The third-order valence-corrected chi connectivity index (χ3v) is 2.86. The van der Waals surface area contributed by atoms with Gasteiger partial charge in [-0.3, -0.25) is 0 Å². The van der Waals surface area contributed by atoms with Crippen molar-refractivity contribution in [2.75, 3.05) is 0 Å². The van der Waals surface area contributed by atoms with Crippen molar-refractivity contribution in [2.45, 2.75) is 46.2 Å². The highest BCUT2D eigenvalue weighted by Crippen LogP contribution is 2.32. The van der Waals surface area contributed by atoms with E-state index >= 15 is 0 Å². The van der Waals surface area contributed by atoms with Gasteiger partial charge in [-0.05, 0) is 29.9 Å². The first kappa shape index (κ1) is 14.1. The lowest BCUT2D eigenvalue weighted by molar-refractivity contribution is -0.137. The zero-order valence-electron chi connectivity index (χ0n) is 10.6. The van der Waals surface area contributed by atoms with Crippen LogP contribution in [0.25, 0.3) is 0 Å². The molecule has 1 aromatic carbocycles. The average Bonchev–Trinajstić information content (AvgIpc) is 2.15. The van der Waals surface area contributed by atoms with Gasteiger partial charge in [0.25, 0.3) is 0 Å². The number of halogens is 3. The Hall–Kier alpha value is -0.990. The number of benzene rings is 1. The Balaban J connectivity index is 2.86. The zero-order chi connectivity index (χ0) is 13.1. The van der Waals surface area contributed by atoms with Gasteiger partial charge in [-0.15, -0.1) is 0 Å². The average molecular weight is 244 g/mol. The Morgan fingerprint density at radius 2 is 1.76 bits per heavy atom. The summed E-state index contributed by atoms with van der Waals surface area (Å²) >= 11 is 0. The van der Waals surface area contributed by atoms with Crippen LogP contribution in [0.3, 0.4) is 0 Å². The summed E-state index contributed by atoms with van der Waals surface area (Å²) in [4.78, 5) is 0. The molecule has 17 heavy (non-hydrogen) atoms. The van der Waals surface area contributed by atoms with Crippen molar-refractivity contribution in [1.82, 2.24) is 0 Å². The molecule has 0 atom stereocenters. The standard InChI is InChI=1S/C14H19F3/c1-4-8-13(2,3)10-11-6-5-7-12(9-11)14(15,16)17/h5-7,9H,4,8,10H2,1-3H3. The summed E-state index contributed by atoms with van der Waals surface area (Å²) in [5, 5.41) is 0. The second-order valence-electron chi connectivity index (χ2n) is 5.29. The molecule has 0 radical (unpaired) electrons. The van der Waals surface area contributed by atoms with Crippen molar-refractivity contribution in [3.05, 3.63) is 35.4 Å². The van der Waals surface area contributed by atoms with Gasteiger partial charge in [0.05, 0.1) is 5.56 Å². The van der Waals surface area contributed by atoms with E-state index in [0.717, 1.165) is 24.5 Å². The van der Waals surface area contributed by atoms with Gasteiger partial charge in [0, 0.05) is 0 Å². The molecule has 0 N–H and O–H groups in total. The second-order valence-corrected chi connectivity index (χ2v) is 5.29. The van der Waals surface area contributed by atoms with Crippen LogP contribution in [0.2, 0.25) is 0 Å². The van der Waals surface area contributed by atoms with E-state index in [1.807, 2.05) is 0 Å². The highest BCUT2D eigenvalue weighted by molar-refractivity contribution is 5.26. The summed E-state index contributed by atoms with van der Waals surface area (Å²) in [5.41, 5.74) is 0.263. The third kappa shape index (κ3) is 4.41. The van der Waals surface area contributed by atoms with Crippen LogP contribution in [-0.4, -0.2) is 0 Å². The van der Waals surface area contributed by atoms with E-state index in [0.29, 0.717) is 6.42 Å². The Bertz CT molecular complexity index is 364. The fraction of sp³-hybridized carbons (Fsp3) is 0.571. The van der Waals surface area contributed by atoms with Gasteiger partial charge in [0.1, 0.15) is 0 Å². The summed E-state index contributed by atoms with van der Waals surface area (Å²) in [6, 6.07) is 5.64. The molecule has 0 saturated heterocycles. The molecule has 0 fully saturated rings. The van der Waals surface area contributed by atoms with Crippen molar-refractivity contribution in [3.8, 4) is 0 Å². The van der Waals surface area contributed by atoms with E-state index in [4.69, 9.17) is 0 Å². The fourth-order valence-corrected chi connectivity index (χ4v) is 2.18. The topological polar surface area (TPSA) is 0 Å². The van der Waals surface area contributed by atoms with Gasteiger partial charge < -0.3 is 0 Å². The molecule has 3 heteroatoms. The highest BCUT2D eigenvalue weighted by atomic mass is 19.4. The summed E-state index contributed by atoms with van der Waals surface area (Å²) < 4.78 is 37.6. The molecule has 0 aliphatic carbocycles. The molecule has 0 amide bonds. The first-order valence-corrected chi connectivity index (χ1v) is 5.91. The first-order chi connectivity index (χ1) is 7.74. The Labute approximate surface area is 101 Å². The van der Waals surface area contributed by atoms with E-state index in [1.54, 1.807) is 6.07 Å². The lowest BCUT2D eigenvalue weighted by Gasteiger charge is -2.24. The fourth-order valence-electron chi connectivity index (χ4n) is 2.18. The molecule has 0 saturated carbocycles. The van der Waals surface area contributed by atoms with Gasteiger partial charge >= 0.3 is 6.18 Å². The smallest absolute Gasteiger partial charge is 0.166 e. The van der Waals surface area contributed by atoms with Crippen LogP contribution < -0.4 is 0 Å². The molecule has 0 bridgehead atoms.